The Hall–Kier alpha value is -2.57. The second-order valence-corrected chi connectivity index (χ2v) is 13.6. The summed E-state index contributed by atoms with van der Waals surface area (Å²) in [5.41, 5.74) is 2.98. The van der Waals surface area contributed by atoms with Gasteiger partial charge in [0, 0.05) is 42.8 Å². The van der Waals surface area contributed by atoms with Crippen molar-refractivity contribution >= 4 is 38.6 Å². The number of carbonyl (C=O) groups excluding carboxylic acids is 1. The van der Waals surface area contributed by atoms with Gasteiger partial charge >= 0.3 is 0 Å². The fourth-order valence-corrected chi connectivity index (χ4v) is 7.86. The van der Waals surface area contributed by atoms with Gasteiger partial charge in [0.25, 0.3) is 0 Å². The van der Waals surface area contributed by atoms with Crippen LogP contribution in [0.2, 0.25) is 0 Å². The highest BCUT2D eigenvalue weighted by Gasteiger charge is 2.32. The largest absolute Gasteiger partial charge is 0.497 e. The second-order valence-electron chi connectivity index (χ2n) is 10.4. The maximum Gasteiger partial charge on any atom is 0.243 e. The molecule has 222 valence electrons. The minimum Gasteiger partial charge on any atom is -0.497 e. The predicted molar refractivity (Wildman–Crippen MR) is 163 cm³/mol. The lowest BCUT2D eigenvalue weighted by molar-refractivity contribution is -0.121. The summed E-state index contributed by atoms with van der Waals surface area (Å²) in [6.07, 6.45) is 2.70. The molecule has 0 saturated carbocycles. The van der Waals surface area contributed by atoms with Crippen LogP contribution in [0, 0.1) is 0 Å². The number of ether oxygens (including phenoxy) is 2. The molecule has 0 aliphatic carbocycles. The van der Waals surface area contributed by atoms with Crippen LogP contribution in [-0.4, -0.2) is 92.7 Å². The van der Waals surface area contributed by atoms with Crippen molar-refractivity contribution in [2.75, 3.05) is 64.6 Å². The first-order valence-corrected chi connectivity index (χ1v) is 16.9. The van der Waals surface area contributed by atoms with Gasteiger partial charge in [-0.25, -0.2) is 8.42 Å². The Bertz CT molecular complexity index is 1420. The van der Waals surface area contributed by atoms with E-state index in [0.717, 1.165) is 72.9 Å². The minimum atomic E-state index is -3.69. The molecule has 5 rings (SSSR count). The van der Waals surface area contributed by atoms with Crippen LogP contribution in [0.4, 0.5) is 0 Å². The summed E-state index contributed by atoms with van der Waals surface area (Å²) in [6, 6.07) is 14.5. The van der Waals surface area contributed by atoms with Crippen LogP contribution in [0.1, 0.15) is 24.1 Å². The number of hydrogen-bond acceptors (Lipinski definition) is 7. The quantitative estimate of drug-likeness (QED) is 0.301. The van der Waals surface area contributed by atoms with Crippen LogP contribution < -0.4 is 10.1 Å². The molecular weight excluding hydrogens is 560 g/mol. The number of methoxy groups -OCH3 is 1. The van der Waals surface area contributed by atoms with E-state index in [9.17, 15) is 13.2 Å². The lowest BCUT2D eigenvalue weighted by Gasteiger charge is -2.28. The Morgan fingerprint density at radius 2 is 1.78 bits per heavy atom. The number of hydrogen-bond donors (Lipinski definition) is 1. The van der Waals surface area contributed by atoms with Crippen LogP contribution in [0.3, 0.4) is 0 Å². The molecule has 1 saturated heterocycles. The van der Waals surface area contributed by atoms with Crippen molar-refractivity contribution in [3.05, 3.63) is 59.8 Å². The lowest BCUT2D eigenvalue weighted by atomic mass is 10.0. The molecule has 3 aromatic rings. The summed E-state index contributed by atoms with van der Waals surface area (Å²) >= 11 is 1.94. The third-order valence-corrected chi connectivity index (χ3v) is 10.8. The zero-order valence-electron chi connectivity index (χ0n) is 23.7. The molecule has 11 heteroatoms. The summed E-state index contributed by atoms with van der Waals surface area (Å²) in [7, 11) is -2.14. The summed E-state index contributed by atoms with van der Waals surface area (Å²) in [4.78, 5) is 15.7. The van der Waals surface area contributed by atoms with Crippen LogP contribution in [0.5, 0.6) is 5.75 Å². The average Bonchev–Trinajstić information content (AvgIpc) is 3.31. The molecule has 2 aliphatic heterocycles. The summed E-state index contributed by atoms with van der Waals surface area (Å²) in [5.74, 6) is 2.70. The van der Waals surface area contributed by atoms with E-state index in [0.29, 0.717) is 25.3 Å². The van der Waals surface area contributed by atoms with Crippen LogP contribution in [0.25, 0.3) is 10.9 Å². The standard InChI is InChI=1S/C30H40N4O5S2/c1-38-24-8-10-25(11-9-24)41(36,37)33-15-12-27-26-6-2-3-7-28(26)34(29(27)22-33)23-30(35)31-13-4-20-40-21-5-14-32-16-18-39-19-17-32/h2-3,6-11H,4-5,12-23H2,1H3,(H,31,35). The molecule has 9 nitrogen and oxygen atoms in total. The van der Waals surface area contributed by atoms with E-state index in [1.165, 1.54) is 10.7 Å². The van der Waals surface area contributed by atoms with E-state index in [1.54, 1.807) is 31.4 Å². The van der Waals surface area contributed by atoms with Gasteiger partial charge in [-0.3, -0.25) is 9.69 Å². The fraction of sp³-hybridized carbons (Fsp3) is 0.500. The molecule has 0 unspecified atom stereocenters. The molecule has 0 atom stereocenters. The molecule has 3 heterocycles. The number of thioether (sulfide) groups is 1. The molecule has 1 fully saturated rings. The molecule has 2 aromatic carbocycles. The normalized spacial score (nSPS) is 16.5. The Morgan fingerprint density at radius 3 is 2.56 bits per heavy atom. The number of nitrogens with zero attached hydrogens (tertiary/aromatic N) is 3. The first-order valence-electron chi connectivity index (χ1n) is 14.3. The number of para-hydroxylation sites is 1. The summed E-state index contributed by atoms with van der Waals surface area (Å²) in [5, 5.41) is 4.16. The van der Waals surface area contributed by atoms with Gasteiger partial charge in [0.2, 0.25) is 15.9 Å². The van der Waals surface area contributed by atoms with Crippen molar-refractivity contribution in [3.8, 4) is 5.75 Å². The molecule has 0 bridgehead atoms. The van der Waals surface area contributed by atoms with E-state index in [1.807, 2.05) is 34.5 Å². The van der Waals surface area contributed by atoms with Crippen LogP contribution >= 0.6 is 11.8 Å². The van der Waals surface area contributed by atoms with Gasteiger partial charge < -0.3 is 19.4 Å². The molecule has 0 spiro atoms. The molecule has 1 aromatic heterocycles. The monoisotopic (exact) mass is 600 g/mol. The number of carbonyl (C=O) groups is 1. The Kier molecular flexibility index (Phi) is 10.3. The zero-order valence-corrected chi connectivity index (χ0v) is 25.4. The highest BCUT2D eigenvalue weighted by Crippen LogP contribution is 2.33. The van der Waals surface area contributed by atoms with Crippen LogP contribution in [0.15, 0.2) is 53.4 Å². The molecule has 41 heavy (non-hydrogen) atoms. The molecule has 1 amide bonds. The third kappa shape index (κ3) is 7.26. The number of rotatable bonds is 13. The smallest absolute Gasteiger partial charge is 0.243 e. The van der Waals surface area contributed by atoms with Gasteiger partial charge in [-0.2, -0.15) is 16.1 Å². The van der Waals surface area contributed by atoms with E-state index in [-0.39, 0.29) is 23.9 Å². The first kappa shape index (κ1) is 29.9. The topological polar surface area (TPSA) is 93.1 Å². The van der Waals surface area contributed by atoms with Gasteiger partial charge in [-0.05, 0) is 73.2 Å². The average molecular weight is 601 g/mol. The maximum absolute atomic E-state index is 13.5. The van der Waals surface area contributed by atoms with E-state index in [4.69, 9.17) is 9.47 Å². The van der Waals surface area contributed by atoms with Crippen molar-refractivity contribution in [3.63, 3.8) is 0 Å². The van der Waals surface area contributed by atoms with Gasteiger partial charge in [0.05, 0.1) is 31.8 Å². The number of sulfonamides is 1. The molecule has 1 N–H and O–H groups in total. The van der Waals surface area contributed by atoms with E-state index in [2.05, 4.69) is 16.3 Å². The zero-order chi connectivity index (χ0) is 28.7. The van der Waals surface area contributed by atoms with Gasteiger partial charge in [0.1, 0.15) is 12.3 Å². The highest BCUT2D eigenvalue weighted by atomic mass is 32.2. The van der Waals surface area contributed by atoms with E-state index < -0.39 is 10.0 Å². The SMILES string of the molecule is COc1ccc(S(=O)(=O)N2CCc3c(n(CC(=O)NCCCSCCCN4CCOCC4)c4ccccc34)C2)cc1. The third-order valence-electron chi connectivity index (χ3n) is 7.78. The number of aromatic nitrogens is 1. The van der Waals surface area contributed by atoms with Gasteiger partial charge in [-0.15, -0.1) is 0 Å². The van der Waals surface area contributed by atoms with E-state index >= 15 is 0 Å². The predicted octanol–water partition coefficient (Wildman–Crippen LogP) is 3.36. The highest BCUT2D eigenvalue weighted by molar-refractivity contribution is 7.99. The lowest BCUT2D eigenvalue weighted by Crippen LogP contribution is -2.37. The van der Waals surface area contributed by atoms with Crippen LogP contribution in [-0.2, 0) is 39.1 Å². The van der Waals surface area contributed by atoms with Crippen molar-refractivity contribution in [2.24, 2.45) is 0 Å². The van der Waals surface area contributed by atoms with Crippen molar-refractivity contribution in [1.29, 1.82) is 0 Å². The summed E-state index contributed by atoms with van der Waals surface area (Å²) < 4.78 is 41.1. The number of nitrogens with one attached hydrogen (secondary N) is 1. The van der Waals surface area contributed by atoms with Crippen molar-refractivity contribution in [1.82, 2.24) is 19.1 Å². The maximum atomic E-state index is 13.5. The number of morpholine rings is 1. The Labute approximate surface area is 247 Å². The number of benzene rings is 2. The Morgan fingerprint density at radius 1 is 1.02 bits per heavy atom. The minimum absolute atomic E-state index is 0.0546. The molecule has 2 aliphatic rings. The Balaban J connectivity index is 1.16. The van der Waals surface area contributed by atoms with Crippen molar-refractivity contribution in [2.45, 2.75) is 37.2 Å². The van der Waals surface area contributed by atoms with Crippen molar-refractivity contribution < 1.29 is 22.7 Å². The van der Waals surface area contributed by atoms with Gasteiger partial charge in [-0.1, -0.05) is 18.2 Å². The number of fused-ring (bicyclic) bond motifs is 3. The molecule has 0 radical (unpaired) electrons. The van der Waals surface area contributed by atoms with Gasteiger partial charge in [0.15, 0.2) is 0 Å². The second kappa shape index (κ2) is 14.1. The number of amides is 1. The molecular formula is C30H40N4O5S2. The summed E-state index contributed by atoms with van der Waals surface area (Å²) in [6.45, 7) is 6.30. The first-order chi connectivity index (χ1) is 20.0. The fourth-order valence-electron chi connectivity index (χ4n) is 5.57.